The van der Waals surface area contributed by atoms with E-state index in [-0.39, 0.29) is 0 Å². The van der Waals surface area contributed by atoms with E-state index >= 15 is 0 Å². The van der Waals surface area contributed by atoms with Crippen LogP contribution in [0.3, 0.4) is 0 Å². The summed E-state index contributed by atoms with van der Waals surface area (Å²) in [6.07, 6.45) is 4.84. The smallest absolute Gasteiger partial charge is 0.122 e. The molecule has 3 nitrogen and oxygen atoms in total. The van der Waals surface area contributed by atoms with Crippen molar-refractivity contribution in [1.29, 1.82) is 0 Å². The molecule has 2 atom stereocenters. The largest absolute Gasteiger partial charge is 0.493 e. The maximum absolute atomic E-state index is 5.90. The van der Waals surface area contributed by atoms with Crippen LogP contribution in [0.2, 0.25) is 0 Å². The average molecular weight is 289 g/mol. The minimum Gasteiger partial charge on any atom is -0.493 e. The molecule has 1 N–H and O–H groups in total. The Balaban J connectivity index is 1.70. The van der Waals surface area contributed by atoms with E-state index in [2.05, 4.69) is 36.5 Å². The lowest BCUT2D eigenvalue weighted by Gasteiger charge is -2.30. The topological polar surface area (TPSA) is 30.5 Å². The van der Waals surface area contributed by atoms with Crippen molar-refractivity contribution in [2.45, 2.75) is 44.6 Å². The van der Waals surface area contributed by atoms with Crippen molar-refractivity contribution in [3.8, 4) is 5.75 Å². The molecule has 1 aromatic carbocycles. The molecule has 1 aromatic rings. The van der Waals surface area contributed by atoms with Gasteiger partial charge in [0.2, 0.25) is 0 Å². The van der Waals surface area contributed by atoms with Gasteiger partial charge < -0.3 is 14.8 Å². The molecule has 21 heavy (non-hydrogen) atoms. The molecule has 1 saturated heterocycles. The van der Waals surface area contributed by atoms with Gasteiger partial charge in [0.1, 0.15) is 5.75 Å². The molecule has 1 fully saturated rings. The lowest BCUT2D eigenvalue weighted by atomic mass is 9.84. The molecule has 2 heterocycles. The van der Waals surface area contributed by atoms with Crippen LogP contribution in [0.5, 0.6) is 5.75 Å². The molecule has 3 rings (SSSR count). The van der Waals surface area contributed by atoms with Crippen molar-refractivity contribution in [2.24, 2.45) is 5.92 Å². The molecule has 3 heteroatoms. The van der Waals surface area contributed by atoms with Gasteiger partial charge in [-0.3, -0.25) is 0 Å². The van der Waals surface area contributed by atoms with Crippen LogP contribution in [0.4, 0.5) is 0 Å². The van der Waals surface area contributed by atoms with Gasteiger partial charge in [-0.05, 0) is 44.2 Å². The minimum atomic E-state index is 0.496. The first-order valence-electron chi connectivity index (χ1n) is 8.41. The summed E-state index contributed by atoms with van der Waals surface area (Å²) in [7, 11) is 0. The van der Waals surface area contributed by atoms with Crippen molar-refractivity contribution in [2.75, 3.05) is 26.4 Å². The molecule has 0 aliphatic carbocycles. The summed E-state index contributed by atoms with van der Waals surface area (Å²) in [4.78, 5) is 0. The van der Waals surface area contributed by atoms with E-state index in [0.29, 0.717) is 12.0 Å². The van der Waals surface area contributed by atoms with Gasteiger partial charge >= 0.3 is 0 Å². The number of hydrogen-bond donors (Lipinski definition) is 1. The third kappa shape index (κ3) is 3.58. The van der Waals surface area contributed by atoms with E-state index in [1.807, 2.05) is 0 Å². The Bertz CT molecular complexity index is 443. The molecule has 116 valence electrons. The predicted molar refractivity (Wildman–Crippen MR) is 84.9 cm³/mol. The fourth-order valence-corrected chi connectivity index (χ4v) is 3.58. The summed E-state index contributed by atoms with van der Waals surface area (Å²) in [6.45, 7) is 6.01. The van der Waals surface area contributed by atoms with Crippen molar-refractivity contribution >= 4 is 0 Å². The van der Waals surface area contributed by atoms with Gasteiger partial charge in [-0.25, -0.2) is 0 Å². The first kappa shape index (κ1) is 14.9. The number of rotatable bonds is 6. The van der Waals surface area contributed by atoms with E-state index in [4.69, 9.17) is 9.47 Å². The molecule has 2 aliphatic rings. The van der Waals surface area contributed by atoms with E-state index in [1.54, 1.807) is 0 Å². The van der Waals surface area contributed by atoms with Crippen molar-refractivity contribution in [1.82, 2.24) is 5.32 Å². The fourth-order valence-electron chi connectivity index (χ4n) is 3.58. The molecule has 2 unspecified atom stereocenters. The molecule has 0 spiro atoms. The third-order valence-corrected chi connectivity index (χ3v) is 4.81. The number of nitrogens with one attached hydrogen (secondary N) is 1. The molecule has 0 amide bonds. The van der Waals surface area contributed by atoms with Crippen LogP contribution in [0.15, 0.2) is 24.3 Å². The molecular weight excluding hydrogens is 262 g/mol. The minimum absolute atomic E-state index is 0.496. The van der Waals surface area contributed by atoms with E-state index in [0.717, 1.165) is 38.0 Å². The van der Waals surface area contributed by atoms with Crippen LogP contribution in [-0.2, 0) is 4.74 Å². The highest BCUT2D eigenvalue weighted by Gasteiger charge is 2.32. The van der Waals surface area contributed by atoms with Crippen LogP contribution >= 0.6 is 0 Å². The van der Waals surface area contributed by atoms with Crippen molar-refractivity contribution in [3.63, 3.8) is 0 Å². The Hall–Kier alpha value is -1.06. The molecule has 2 aliphatic heterocycles. The highest BCUT2D eigenvalue weighted by molar-refractivity contribution is 5.40. The Morgan fingerprint density at radius 2 is 2.05 bits per heavy atom. The summed E-state index contributed by atoms with van der Waals surface area (Å²) in [5, 5.41) is 3.78. The lowest BCUT2D eigenvalue weighted by molar-refractivity contribution is 0.0590. The van der Waals surface area contributed by atoms with Gasteiger partial charge in [0, 0.05) is 30.7 Å². The zero-order valence-electron chi connectivity index (χ0n) is 13.0. The Labute approximate surface area is 128 Å². The predicted octanol–water partition coefficient (Wildman–Crippen LogP) is 3.35. The quantitative estimate of drug-likeness (QED) is 0.871. The summed E-state index contributed by atoms with van der Waals surface area (Å²) in [6, 6.07) is 9.05. The fraction of sp³-hybridized carbons (Fsp3) is 0.667. The van der Waals surface area contributed by atoms with Crippen LogP contribution in [0.1, 0.15) is 44.1 Å². The molecular formula is C18H27NO2. The van der Waals surface area contributed by atoms with Gasteiger partial charge in [-0.1, -0.05) is 25.1 Å². The number of hydrogen-bond acceptors (Lipinski definition) is 3. The molecule has 0 radical (unpaired) electrons. The van der Waals surface area contributed by atoms with E-state index in [9.17, 15) is 0 Å². The normalized spacial score (nSPS) is 23.6. The van der Waals surface area contributed by atoms with Crippen LogP contribution in [-0.4, -0.2) is 32.4 Å². The summed E-state index contributed by atoms with van der Waals surface area (Å²) >= 11 is 0. The second kappa shape index (κ2) is 7.28. The lowest BCUT2D eigenvalue weighted by Crippen LogP contribution is -2.38. The van der Waals surface area contributed by atoms with Crippen molar-refractivity contribution in [3.05, 3.63) is 29.8 Å². The van der Waals surface area contributed by atoms with Crippen LogP contribution in [0.25, 0.3) is 0 Å². The maximum atomic E-state index is 5.90. The second-order valence-electron chi connectivity index (χ2n) is 6.31. The number of ether oxygens (including phenoxy) is 2. The SMILES string of the molecule is CCCNC(CC1CCOCC1)C1COc2ccccc21. The first-order chi connectivity index (χ1) is 10.4. The number of benzene rings is 1. The second-order valence-corrected chi connectivity index (χ2v) is 6.31. The van der Waals surface area contributed by atoms with Gasteiger partial charge in [-0.2, -0.15) is 0 Å². The standard InChI is InChI=1S/C18H27NO2/c1-2-9-19-17(12-14-7-10-20-11-8-14)16-13-21-18-6-4-3-5-15(16)18/h3-6,14,16-17,19H,2,7-13H2,1H3. The van der Waals surface area contributed by atoms with Crippen LogP contribution in [0, 0.1) is 5.92 Å². The summed E-state index contributed by atoms with van der Waals surface area (Å²) < 4.78 is 11.4. The summed E-state index contributed by atoms with van der Waals surface area (Å²) in [5.41, 5.74) is 1.39. The first-order valence-corrected chi connectivity index (χ1v) is 8.41. The van der Waals surface area contributed by atoms with Gasteiger partial charge in [0.25, 0.3) is 0 Å². The third-order valence-electron chi connectivity index (χ3n) is 4.81. The maximum Gasteiger partial charge on any atom is 0.122 e. The van der Waals surface area contributed by atoms with Crippen molar-refractivity contribution < 1.29 is 9.47 Å². The number of fused-ring (bicyclic) bond motifs is 1. The molecule has 0 saturated carbocycles. The van der Waals surface area contributed by atoms with E-state index < -0.39 is 0 Å². The zero-order chi connectivity index (χ0) is 14.5. The zero-order valence-corrected chi connectivity index (χ0v) is 13.0. The van der Waals surface area contributed by atoms with E-state index in [1.165, 1.54) is 31.2 Å². The van der Waals surface area contributed by atoms with Gasteiger partial charge in [0.15, 0.2) is 0 Å². The molecule has 0 bridgehead atoms. The Morgan fingerprint density at radius 3 is 2.86 bits per heavy atom. The van der Waals surface area contributed by atoms with Gasteiger partial charge in [0.05, 0.1) is 6.61 Å². The average Bonchev–Trinajstić information content (AvgIpc) is 2.96. The van der Waals surface area contributed by atoms with Crippen LogP contribution < -0.4 is 10.1 Å². The highest BCUT2D eigenvalue weighted by Crippen LogP contribution is 2.38. The Kier molecular flexibility index (Phi) is 5.15. The monoisotopic (exact) mass is 289 g/mol. The van der Waals surface area contributed by atoms with Gasteiger partial charge in [-0.15, -0.1) is 0 Å². The Morgan fingerprint density at radius 1 is 1.24 bits per heavy atom. The molecule has 0 aromatic heterocycles. The summed E-state index contributed by atoms with van der Waals surface area (Å²) in [5.74, 6) is 2.37. The number of para-hydroxylation sites is 1. The highest BCUT2D eigenvalue weighted by atomic mass is 16.5.